The Labute approximate surface area is 140 Å². The van der Waals surface area contributed by atoms with E-state index in [1.54, 1.807) is 12.4 Å². The molecule has 0 bridgehead atoms. The molecule has 4 rings (SSSR count). The molecule has 0 aliphatic carbocycles. The number of aromatic amines is 1. The molecule has 3 aromatic heterocycles. The number of hydrogen-bond acceptors (Lipinski definition) is 3. The van der Waals surface area contributed by atoms with Gasteiger partial charge in [0.25, 0.3) is 0 Å². The molecule has 1 atom stereocenters. The molecule has 2 N–H and O–H groups in total. The summed E-state index contributed by atoms with van der Waals surface area (Å²) in [6.45, 7) is 2.12. The molecule has 0 fully saturated rings. The molecule has 1 aromatic carbocycles. The van der Waals surface area contributed by atoms with Gasteiger partial charge < -0.3 is 10.3 Å². The molecule has 0 aliphatic heterocycles. The number of fused-ring (bicyclic) bond motifs is 1. The van der Waals surface area contributed by atoms with E-state index in [0.717, 1.165) is 11.3 Å². The van der Waals surface area contributed by atoms with Crippen molar-refractivity contribution in [3.63, 3.8) is 0 Å². The van der Waals surface area contributed by atoms with Crippen molar-refractivity contribution >= 4 is 16.6 Å². The third-order valence-electron chi connectivity index (χ3n) is 4.32. The van der Waals surface area contributed by atoms with E-state index in [9.17, 15) is 0 Å². The maximum atomic E-state index is 4.34. The minimum absolute atomic E-state index is 0.0108. The van der Waals surface area contributed by atoms with Gasteiger partial charge in [0.05, 0.1) is 12.2 Å². The van der Waals surface area contributed by atoms with Crippen molar-refractivity contribution in [3.05, 3.63) is 78.0 Å². The number of hydrogen-bond donors (Lipinski definition) is 2. The van der Waals surface area contributed by atoms with E-state index in [1.165, 1.54) is 22.0 Å². The van der Waals surface area contributed by atoms with Crippen molar-refractivity contribution in [3.8, 4) is 0 Å². The summed E-state index contributed by atoms with van der Waals surface area (Å²) in [7, 11) is 1.94. The fourth-order valence-corrected chi connectivity index (χ4v) is 3.11. The van der Waals surface area contributed by atoms with E-state index in [4.69, 9.17) is 0 Å². The van der Waals surface area contributed by atoms with Crippen LogP contribution >= 0.6 is 0 Å². The van der Waals surface area contributed by atoms with Crippen molar-refractivity contribution in [1.29, 1.82) is 0 Å². The number of nitrogens with one attached hydrogen (secondary N) is 2. The van der Waals surface area contributed by atoms with Crippen LogP contribution in [0.5, 0.6) is 0 Å². The van der Waals surface area contributed by atoms with Gasteiger partial charge >= 0.3 is 0 Å². The van der Waals surface area contributed by atoms with Crippen LogP contribution in [-0.4, -0.2) is 19.7 Å². The summed E-state index contributed by atoms with van der Waals surface area (Å²) in [5.74, 6) is 0. The Morgan fingerprint density at radius 1 is 1.17 bits per heavy atom. The Hall–Kier alpha value is -3.08. The van der Waals surface area contributed by atoms with Gasteiger partial charge in [-0.3, -0.25) is 9.67 Å². The Kier molecular flexibility index (Phi) is 3.54. The zero-order valence-electron chi connectivity index (χ0n) is 13.7. The third kappa shape index (κ3) is 2.54. The van der Waals surface area contributed by atoms with Gasteiger partial charge in [-0.2, -0.15) is 5.10 Å². The van der Waals surface area contributed by atoms with Crippen LogP contribution in [0.2, 0.25) is 0 Å². The Morgan fingerprint density at radius 3 is 2.75 bits per heavy atom. The lowest BCUT2D eigenvalue weighted by Crippen LogP contribution is -2.11. The zero-order chi connectivity index (χ0) is 16.5. The summed E-state index contributed by atoms with van der Waals surface area (Å²) >= 11 is 0. The maximum Gasteiger partial charge on any atom is 0.0818 e. The van der Waals surface area contributed by atoms with Gasteiger partial charge in [-0.1, -0.05) is 18.2 Å². The molecule has 0 aliphatic rings. The fraction of sp³-hybridized carbons (Fsp3) is 0.158. The van der Waals surface area contributed by atoms with Gasteiger partial charge in [0.15, 0.2) is 0 Å². The SMILES string of the molecule is Cc1cccc2c(C(Nc3ccncc3)c3cnn(C)c3)c[nH]c12. The molecule has 0 radical (unpaired) electrons. The van der Waals surface area contributed by atoms with E-state index in [1.807, 2.05) is 36.3 Å². The molecule has 0 spiro atoms. The molecule has 120 valence electrons. The topological polar surface area (TPSA) is 58.5 Å². The van der Waals surface area contributed by atoms with E-state index in [-0.39, 0.29) is 6.04 Å². The molecule has 4 aromatic rings. The lowest BCUT2D eigenvalue weighted by atomic mass is 9.99. The fourth-order valence-electron chi connectivity index (χ4n) is 3.11. The van der Waals surface area contributed by atoms with Crippen LogP contribution in [0.4, 0.5) is 5.69 Å². The van der Waals surface area contributed by atoms with Crippen LogP contribution in [0.25, 0.3) is 10.9 Å². The van der Waals surface area contributed by atoms with Crippen molar-refractivity contribution in [2.75, 3.05) is 5.32 Å². The lowest BCUT2D eigenvalue weighted by molar-refractivity contribution is 0.766. The standard InChI is InChI=1S/C19H19N5/c1-13-4-3-5-16-17(11-21-18(13)16)19(14-10-22-24(2)12-14)23-15-6-8-20-9-7-15/h3-12,19,21H,1-2H3,(H,20,23). The Balaban J connectivity index is 1.84. The first-order valence-corrected chi connectivity index (χ1v) is 7.94. The predicted molar refractivity (Wildman–Crippen MR) is 95.9 cm³/mol. The molecule has 5 heteroatoms. The van der Waals surface area contributed by atoms with Crippen LogP contribution in [0.1, 0.15) is 22.7 Å². The quantitative estimate of drug-likeness (QED) is 0.602. The number of aromatic nitrogens is 4. The Bertz CT molecular complexity index is 968. The third-order valence-corrected chi connectivity index (χ3v) is 4.32. The van der Waals surface area contributed by atoms with E-state index < -0.39 is 0 Å². The molecule has 24 heavy (non-hydrogen) atoms. The average molecular weight is 317 g/mol. The number of rotatable bonds is 4. The van der Waals surface area contributed by atoms with Crippen LogP contribution in [0.3, 0.4) is 0 Å². The zero-order valence-corrected chi connectivity index (χ0v) is 13.7. The highest BCUT2D eigenvalue weighted by atomic mass is 15.2. The first-order valence-electron chi connectivity index (χ1n) is 7.94. The summed E-state index contributed by atoms with van der Waals surface area (Å²) in [5.41, 5.74) is 5.78. The molecular formula is C19H19N5. The first kappa shape index (κ1) is 14.5. The summed E-state index contributed by atoms with van der Waals surface area (Å²) in [4.78, 5) is 7.51. The van der Waals surface area contributed by atoms with Gasteiger partial charge in [-0.25, -0.2) is 0 Å². The van der Waals surface area contributed by atoms with Gasteiger partial charge in [0, 0.05) is 59.6 Å². The summed E-state index contributed by atoms with van der Waals surface area (Å²) in [5, 5.41) is 9.18. The van der Waals surface area contributed by atoms with Crippen LogP contribution < -0.4 is 5.32 Å². The molecule has 1 unspecified atom stereocenters. The van der Waals surface area contributed by atoms with Crippen molar-refractivity contribution in [2.45, 2.75) is 13.0 Å². The summed E-state index contributed by atoms with van der Waals surface area (Å²) in [6, 6.07) is 10.3. The second-order valence-electron chi connectivity index (χ2n) is 6.00. The highest BCUT2D eigenvalue weighted by molar-refractivity contribution is 5.87. The largest absolute Gasteiger partial charge is 0.374 e. The van der Waals surface area contributed by atoms with Gasteiger partial charge in [-0.05, 0) is 24.6 Å². The van der Waals surface area contributed by atoms with Crippen LogP contribution in [0.15, 0.2) is 61.3 Å². The van der Waals surface area contributed by atoms with Crippen LogP contribution in [0, 0.1) is 6.92 Å². The molecule has 5 nitrogen and oxygen atoms in total. The number of H-pyrrole nitrogens is 1. The monoisotopic (exact) mass is 317 g/mol. The highest BCUT2D eigenvalue weighted by Crippen LogP contribution is 2.32. The Morgan fingerprint density at radius 2 is 2.00 bits per heavy atom. The highest BCUT2D eigenvalue weighted by Gasteiger charge is 2.20. The van der Waals surface area contributed by atoms with Crippen molar-refractivity contribution in [1.82, 2.24) is 19.7 Å². The van der Waals surface area contributed by atoms with Gasteiger partial charge in [0.2, 0.25) is 0 Å². The molecule has 3 heterocycles. The molecule has 0 saturated heterocycles. The number of para-hydroxylation sites is 1. The van der Waals surface area contributed by atoms with Gasteiger partial charge in [-0.15, -0.1) is 0 Å². The minimum Gasteiger partial charge on any atom is -0.374 e. The van der Waals surface area contributed by atoms with E-state index >= 15 is 0 Å². The van der Waals surface area contributed by atoms with E-state index in [2.05, 4.69) is 51.7 Å². The van der Waals surface area contributed by atoms with Crippen molar-refractivity contribution in [2.24, 2.45) is 7.05 Å². The maximum absolute atomic E-state index is 4.34. The van der Waals surface area contributed by atoms with Gasteiger partial charge in [0.1, 0.15) is 0 Å². The van der Waals surface area contributed by atoms with Crippen LogP contribution in [-0.2, 0) is 7.05 Å². The predicted octanol–water partition coefficient (Wildman–Crippen LogP) is 3.81. The second kappa shape index (κ2) is 5.85. The molecule has 0 amide bonds. The summed E-state index contributed by atoms with van der Waals surface area (Å²) < 4.78 is 1.83. The number of aryl methyl sites for hydroxylation is 2. The normalized spacial score (nSPS) is 12.4. The van der Waals surface area contributed by atoms with Crippen molar-refractivity contribution < 1.29 is 0 Å². The lowest BCUT2D eigenvalue weighted by Gasteiger charge is -2.18. The minimum atomic E-state index is 0.0108. The smallest absolute Gasteiger partial charge is 0.0818 e. The first-order chi connectivity index (χ1) is 11.7. The number of nitrogens with zero attached hydrogens (tertiary/aromatic N) is 3. The van der Waals surface area contributed by atoms with E-state index in [0.29, 0.717) is 0 Å². The number of benzene rings is 1. The number of pyridine rings is 1. The summed E-state index contributed by atoms with van der Waals surface area (Å²) in [6.07, 6.45) is 9.63. The molecule has 0 saturated carbocycles. The number of anilines is 1. The molecular weight excluding hydrogens is 298 g/mol. The second-order valence-corrected chi connectivity index (χ2v) is 6.00. The average Bonchev–Trinajstić information content (AvgIpc) is 3.21.